The molecule has 138 valence electrons. The summed E-state index contributed by atoms with van der Waals surface area (Å²) in [5.74, 6) is -2.40. The summed E-state index contributed by atoms with van der Waals surface area (Å²) in [6.45, 7) is -0.623. The van der Waals surface area contributed by atoms with Crippen LogP contribution in [0.4, 0.5) is 17.6 Å². The Morgan fingerprint density at radius 2 is 1.84 bits per heavy atom. The minimum Gasteiger partial charge on any atom is -0.369 e. The number of benzene rings is 1. The molecule has 1 saturated heterocycles. The first-order valence-electron chi connectivity index (χ1n) is 7.78. The molecule has 0 aliphatic carbocycles. The van der Waals surface area contributed by atoms with Crippen LogP contribution in [0.25, 0.3) is 0 Å². The van der Waals surface area contributed by atoms with E-state index in [4.69, 9.17) is 5.73 Å². The average Bonchev–Trinajstić information content (AvgIpc) is 2.53. The van der Waals surface area contributed by atoms with Gasteiger partial charge < -0.3 is 11.1 Å². The topological polar surface area (TPSA) is 75.4 Å². The van der Waals surface area contributed by atoms with Crippen molar-refractivity contribution in [3.05, 3.63) is 35.6 Å². The fraction of sp³-hybridized carbons (Fsp3) is 0.500. The monoisotopic (exact) mass is 361 g/mol. The molecule has 5 nitrogen and oxygen atoms in total. The minimum atomic E-state index is -4.49. The van der Waals surface area contributed by atoms with E-state index in [1.807, 2.05) is 0 Å². The maximum absolute atomic E-state index is 13.1. The van der Waals surface area contributed by atoms with Gasteiger partial charge in [0.05, 0.1) is 12.5 Å². The summed E-state index contributed by atoms with van der Waals surface area (Å²) in [5, 5.41) is 2.50. The molecule has 0 saturated carbocycles. The Morgan fingerprint density at radius 1 is 1.20 bits per heavy atom. The number of primary amides is 1. The van der Waals surface area contributed by atoms with E-state index in [9.17, 15) is 27.2 Å². The van der Waals surface area contributed by atoms with E-state index < -0.39 is 42.3 Å². The van der Waals surface area contributed by atoms with Crippen molar-refractivity contribution < 1.29 is 27.2 Å². The maximum atomic E-state index is 13.1. The smallest absolute Gasteiger partial charge is 0.369 e. The normalized spacial score (nSPS) is 21.8. The van der Waals surface area contributed by atoms with E-state index in [1.165, 1.54) is 24.3 Å². The van der Waals surface area contributed by atoms with Gasteiger partial charge in [0.1, 0.15) is 11.9 Å². The summed E-state index contributed by atoms with van der Waals surface area (Å²) >= 11 is 0. The summed E-state index contributed by atoms with van der Waals surface area (Å²) in [5.41, 5.74) is 5.80. The fourth-order valence-corrected chi connectivity index (χ4v) is 2.86. The number of nitrogens with two attached hydrogens (primary N) is 1. The Bertz CT molecular complexity index is 619. The van der Waals surface area contributed by atoms with E-state index in [-0.39, 0.29) is 25.9 Å². The van der Waals surface area contributed by atoms with Gasteiger partial charge in [0.2, 0.25) is 11.8 Å². The SMILES string of the molecule is NC(=O)C1CCC(C(F)(F)F)N(CC(=O)NCc2ccc(F)cc2)C1. The van der Waals surface area contributed by atoms with E-state index in [0.29, 0.717) is 5.56 Å². The van der Waals surface area contributed by atoms with E-state index in [1.54, 1.807) is 0 Å². The lowest BCUT2D eigenvalue weighted by Gasteiger charge is -2.39. The number of likely N-dealkylation sites (tertiary alicyclic amines) is 1. The standard InChI is InChI=1S/C16H19F4N3O2/c17-12-4-1-10(2-5-12)7-22-14(24)9-23-8-11(15(21)25)3-6-13(23)16(18,19)20/h1-2,4-5,11,13H,3,6-9H2,(H2,21,25)(H,22,24). The number of carbonyl (C=O) groups excluding carboxylic acids is 2. The molecule has 1 heterocycles. The quantitative estimate of drug-likeness (QED) is 0.782. The Labute approximate surface area is 142 Å². The van der Waals surface area contributed by atoms with Crippen LogP contribution in [0, 0.1) is 11.7 Å². The van der Waals surface area contributed by atoms with E-state index >= 15 is 0 Å². The van der Waals surface area contributed by atoms with Crippen LogP contribution in [0.5, 0.6) is 0 Å². The van der Waals surface area contributed by atoms with Crippen molar-refractivity contribution >= 4 is 11.8 Å². The number of piperidine rings is 1. The second-order valence-corrected chi connectivity index (χ2v) is 6.07. The van der Waals surface area contributed by atoms with E-state index in [0.717, 1.165) is 4.90 Å². The van der Waals surface area contributed by atoms with Crippen molar-refractivity contribution in [2.75, 3.05) is 13.1 Å². The molecule has 2 amide bonds. The zero-order chi connectivity index (χ0) is 18.6. The minimum absolute atomic E-state index is 0.0488. The Kier molecular flexibility index (Phi) is 5.99. The summed E-state index contributed by atoms with van der Waals surface area (Å²) in [4.78, 5) is 24.2. The third-order valence-electron chi connectivity index (χ3n) is 4.21. The van der Waals surface area contributed by atoms with Gasteiger partial charge in [0.25, 0.3) is 0 Å². The maximum Gasteiger partial charge on any atom is 0.404 e. The first-order chi connectivity index (χ1) is 11.7. The number of nitrogens with zero attached hydrogens (tertiary/aromatic N) is 1. The number of amides is 2. The molecule has 25 heavy (non-hydrogen) atoms. The molecule has 1 aromatic carbocycles. The van der Waals surface area contributed by atoms with Gasteiger partial charge >= 0.3 is 6.18 Å². The zero-order valence-electron chi connectivity index (χ0n) is 13.4. The first kappa shape index (κ1) is 19.2. The van der Waals surface area contributed by atoms with E-state index in [2.05, 4.69) is 5.32 Å². The van der Waals surface area contributed by atoms with Crippen LogP contribution in [0.15, 0.2) is 24.3 Å². The molecular formula is C16H19F4N3O2. The van der Waals surface area contributed by atoms with Crippen LogP contribution in [0.1, 0.15) is 18.4 Å². The number of nitrogens with one attached hydrogen (secondary N) is 1. The second-order valence-electron chi connectivity index (χ2n) is 6.07. The third-order valence-corrected chi connectivity index (χ3v) is 4.21. The number of alkyl halides is 3. The van der Waals surface area contributed by atoms with Crippen molar-refractivity contribution in [2.24, 2.45) is 11.7 Å². The van der Waals surface area contributed by atoms with Gasteiger partial charge in [-0.15, -0.1) is 0 Å². The second kappa shape index (κ2) is 7.81. The molecule has 1 fully saturated rings. The third kappa shape index (κ3) is 5.42. The highest BCUT2D eigenvalue weighted by molar-refractivity contribution is 5.79. The zero-order valence-corrected chi connectivity index (χ0v) is 13.4. The molecule has 3 N–H and O–H groups in total. The summed E-state index contributed by atoms with van der Waals surface area (Å²) in [6.07, 6.45) is -4.71. The number of rotatable bonds is 5. The molecule has 2 unspecified atom stereocenters. The number of hydrogen-bond donors (Lipinski definition) is 2. The highest BCUT2D eigenvalue weighted by Gasteiger charge is 2.47. The highest BCUT2D eigenvalue weighted by atomic mass is 19.4. The van der Waals surface area contributed by atoms with Crippen LogP contribution >= 0.6 is 0 Å². The summed E-state index contributed by atoms with van der Waals surface area (Å²) in [6, 6.07) is 3.61. The van der Waals surface area contributed by atoms with Gasteiger partial charge in [-0.1, -0.05) is 12.1 Å². The van der Waals surface area contributed by atoms with Crippen molar-refractivity contribution in [3.63, 3.8) is 0 Å². The molecule has 2 atom stereocenters. The lowest BCUT2D eigenvalue weighted by Crippen LogP contribution is -2.55. The van der Waals surface area contributed by atoms with Crippen LogP contribution in [0.3, 0.4) is 0 Å². The predicted molar refractivity (Wildman–Crippen MR) is 81.6 cm³/mol. The molecule has 1 aliphatic rings. The lowest BCUT2D eigenvalue weighted by molar-refractivity contribution is -0.195. The van der Waals surface area contributed by atoms with Gasteiger partial charge in [0, 0.05) is 13.1 Å². The Hall–Kier alpha value is -2.16. The number of carbonyl (C=O) groups is 2. The molecule has 1 aliphatic heterocycles. The largest absolute Gasteiger partial charge is 0.404 e. The molecule has 0 aromatic heterocycles. The summed E-state index contributed by atoms with van der Waals surface area (Å²) < 4.78 is 52.2. The molecule has 0 radical (unpaired) electrons. The molecule has 9 heteroatoms. The Morgan fingerprint density at radius 3 is 2.40 bits per heavy atom. The Balaban J connectivity index is 1.96. The van der Waals surface area contributed by atoms with Gasteiger partial charge in [-0.05, 0) is 30.5 Å². The summed E-state index contributed by atoms with van der Waals surface area (Å²) in [7, 11) is 0. The molecule has 0 spiro atoms. The van der Waals surface area contributed by atoms with Gasteiger partial charge in [-0.3, -0.25) is 14.5 Å². The van der Waals surface area contributed by atoms with Gasteiger partial charge in [-0.25, -0.2) is 4.39 Å². The molecule has 2 rings (SSSR count). The predicted octanol–water partition coefficient (Wildman–Crippen LogP) is 1.57. The highest BCUT2D eigenvalue weighted by Crippen LogP contribution is 2.33. The average molecular weight is 361 g/mol. The van der Waals surface area contributed by atoms with Crippen molar-refractivity contribution in [3.8, 4) is 0 Å². The van der Waals surface area contributed by atoms with Crippen molar-refractivity contribution in [1.29, 1.82) is 0 Å². The van der Waals surface area contributed by atoms with Crippen molar-refractivity contribution in [2.45, 2.75) is 31.6 Å². The molecular weight excluding hydrogens is 342 g/mol. The lowest BCUT2D eigenvalue weighted by atomic mass is 9.92. The first-order valence-corrected chi connectivity index (χ1v) is 7.78. The van der Waals surface area contributed by atoms with Crippen molar-refractivity contribution in [1.82, 2.24) is 10.2 Å². The van der Waals surface area contributed by atoms with Crippen LogP contribution in [-0.4, -0.2) is 42.0 Å². The van der Waals surface area contributed by atoms with Crippen LogP contribution in [0.2, 0.25) is 0 Å². The fourth-order valence-electron chi connectivity index (χ4n) is 2.86. The van der Waals surface area contributed by atoms with Gasteiger partial charge in [0.15, 0.2) is 0 Å². The number of halogens is 4. The number of hydrogen-bond acceptors (Lipinski definition) is 3. The van der Waals surface area contributed by atoms with Crippen LogP contribution < -0.4 is 11.1 Å². The molecule has 1 aromatic rings. The van der Waals surface area contributed by atoms with Gasteiger partial charge in [-0.2, -0.15) is 13.2 Å². The molecule has 0 bridgehead atoms. The van der Waals surface area contributed by atoms with Crippen LogP contribution in [-0.2, 0) is 16.1 Å².